The first kappa shape index (κ1) is 32.5. The number of hydrogen-bond acceptors (Lipinski definition) is 4. The summed E-state index contributed by atoms with van der Waals surface area (Å²) >= 11 is 1.87. The van der Waals surface area contributed by atoms with Gasteiger partial charge in [-0.25, -0.2) is 4.99 Å². The Morgan fingerprint density at radius 1 is 0.746 bits per heavy atom. The maximum atomic E-state index is 5.80. The lowest BCUT2D eigenvalue weighted by molar-refractivity contribution is 0.248. The van der Waals surface area contributed by atoms with Crippen molar-refractivity contribution in [2.45, 2.75) is 44.4 Å². The molecule has 6 aliphatic carbocycles. The van der Waals surface area contributed by atoms with Crippen LogP contribution in [-0.2, 0) is 6.42 Å². The highest BCUT2D eigenvalue weighted by atomic mass is 32.1. The van der Waals surface area contributed by atoms with Crippen molar-refractivity contribution in [2.75, 3.05) is 5.32 Å². The van der Waals surface area contributed by atoms with Gasteiger partial charge in [0.05, 0.1) is 17.4 Å². The molecule has 1 N–H and O–H groups in total. The molecule has 14 rings (SSSR count). The Kier molecular flexibility index (Phi) is 6.65. The maximum absolute atomic E-state index is 5.80. The average molecular weight is 777 g/mol. The molecule has 4 unspecified atom stereocenters. The fourth-order valence-electron chi connectivity index (χ4n) is 11.8. The predicted octanol–water partition coefficient (Wildman–Crippen LogP) is 10.7. The Bertz CT molecular complexity index is 3310. The molecule has 59 heavy (non-hydrogen) atoms. The van der Waals surface area contributed by atoms with Gasteiger partial charge in [-0.3, -0.25) is 0 Å². The molecule has 4 aromatic carbocycles. The Morgan fingerprint density at radius 3 is 2.53 bits per heavy atom. The number of aromatic nitrogens is 1. The van der Waals surface area contributed by atoms with Crippen LogP contribution >= 0.6 is 11.3 Å². The molecule has 0 saturated heterocycles. The molecular formula is C54H40N4S. The minimum Gasteiger partial charge on any atom is -0.346 e. The quantitative estimate of drug-likeness (QED) is 0.194. The number of para-hydroxylation sites is 1. The van der Waals surface area contributed by atoms with E-state index in [-0.39, 0.29) is 12.3 Å². The molecule has 282 valence electrons. The molecule has 0 amide bonds. The maximum Gasteiger partial charge on any atom is 0.197 e. The zero-order valence-corrected chi connectivity index (χ0v) is 33.3. The second kappa shape index (κ2) is 12.1. The molecule has 0 radical (unpaired) electrons. The van der Waals surface area contributed by atoms with Gasteiger partial charge in [-0.1, -0.05) is 115 Å². The molecule has 0 fully saturated rings. The van der Waals surface area contributed by atoms with Crippen molar-refractivity contribution < 1.29 is 0 Å². The van der Waals surface area contributed by atoms with E-state index in [9.17, 15) is 0 Å². The third-order valence-electron chi connectivity index (χ3n) is 14.2. The average Bonchev–Trinajstić information content (AvgIpc) is 3.95. The van der Waals surface area contributed by atoms with Gasteiger partial charge in [0.1, 0.15) is 0 Å². The SMILES string of the molecule is C1=CC2C=CC(n3c4c5c6c3CCC3C6=C6C(=CCCC6=c6ccccc6=C5CC=C4)N3C3N=C(c4ccc5sc6ccccc6c5c4)c4ccccc4N3)=CC2C=C1. The zero-order valence-electron chi connectivity index (χ0n) is 32.5. The lowest BCUT2D eigenvalue weighted by atomic mass is 9.76. The number of nitrogens with one attached hydrogen (secondary N) is 1. The lowest BCUT2D eigenvalue weighted by Crippen LogP contribution is -2.46. The minimum absolute atomic E-state index is 0.192. The molecule has 4 atom stereocenters. The van der Waals surface area contributed by atoms with Crippen molar-refractivity contribution in [1.29, 1.82) is 0 Å². The first-order valence-electron chi connectivity index (χ1n) is 21.4. The molecule has 2 aromatic heterocycles. The van der Waals surface area contributed by atoms with Gasteiger partial charge in [0.2, 0.25) is 0 Å². The standard InChI is InChI=1S/C54H40N4S/c1-2-12-32-29-34(25-23-31(32)11-1)57-43-20-9-17-38-35-13-3-4-14-36(35)39-18-10-21-44-50(39)52-46(27-26-45(57)51(52)49(38)43)58(44)54-55-42-19-7-5-16-40(42)53(56-54)33-24-28-48-41(30-33)37-15-6-8-22-47(37)59-48/h1-9,11-16,19-25,28-32,46,54-55H,10,17-18,26-27H2. The van der Waals surface area contributed by atoms with Crippen LogP contribution in [-0.4, -0.2) is 27.5 Å². The predicted molar refractivity (Wildman–Crippen MR) is 245 cm³/mol. The van der Waals surface area contributed by atoms with E-state index >= 15 is 0 Å². The van der Waals surface area contributed by atoms with Crippen LogP contribution < -0.4 is 15.8 Å². The highest BCUT2D eigenvalue weighted by molar-refractivity contribution is 7.25. The van der Waals surface area contributed by atoms with Crippen molar-refractivity contribution in [3.05, 3.63) is 201 Å². The van der Waals surface area contributed by atoms with E-state index in [2.05, 4.69) is 167 Å². The van der Waals surface area contributed by atoms with Gasteiger partial charge < -0.3 is 14.8 Å². The summed E-state index contributed by atoms with van der Waals surface area (Å²) in [4.78, 5) is 8.50. The topological polar surface area (TPSA) is 32.6 Å². The Balaban J connectivity index is 0.991. The van der Waals surface area contributed by atoms with E-state index in [4.69, 9.17) is 4.99 Å². The second-order valence-corrected chi connectivity index (χ2v) is 18.2. The fraction of sp³-hybridized carbons (Fsp3) is 0.167. The van der Waals surface area contributed by atoms with Gasteiger partial charge in [-0.15, -0.1) is 11.3 Å². The van der Waals surface area contributed by atoms with Gasteiger partial charge in [-0.05, 0) is 95.7 Å². The van der Waals surface area contributed by atoms with Gasteiger partial charge in [0.25, 0.3) is 0 Å². The smallest absolute Gasteiger partial charge is 0.197 e. The first-order chi connectivity index (χ1) is 29.3. The lowest BCUT2D eigenvalue weighted by Gasteiger charge is -2.40. The summed E-state index contributed by atoms with van der Waals surface area (Å²) in [7, 11) is 0. The number of thiophene rings is 1. The number of hydrogen-bond donors (Lipinski definition) is 1. The summed E-state index contributed by atoms with van der Waals surface area (Å²) in [6, 6.07) is 34.1. The van der Waals surface area contributed by atoms with Gasteiger partial charge in [0, 0.05) is 82.6 Å². The van der Waals surface area contributed by atoms with Crippen molar-refractivity contribution in [3.8, 4) is 0 Å². The number of benzene rings is 4. The largest absolute Gasteiger partial charge is 0.346 e. The third kappa shape index (κ3) is 4.46. The van der Waals surface area contributed by atoms with Crippen molar-refractivity contribution in [2.24, 2.45) is 16.8 Å². The number of rotatable bonds is 3. The summed E-state index contributed by atoms with van der Waals surface area (Å²) in [6.45, 7) is 0. The molecule has 0 spiro atoms. The molecule has 2 aliphatic heterocycles. The highest BCUT2D eigenvalue weighted by Gasteiger charge is 2.48. The Hall–Kier alpha value is -6.43. The monoisotopic (exact) mass is 776 g/mol. The Morgan fingerprint density at radius 2 is 1.58 bits per heavy atom. The molecule has 4 nitrogen and oxygen atoms in total. The Labute approximate surface area is 346 Å². The zero-order chi connectivity index (χ0) is 38.3. The number of fused-ring (bicyclic) bond motifs is 6. The van der Waals surface area contributed by atoms with Crippen molar-refractivity contribution in [1.82, 2.24) is 9.47 Å². The molecule has 6 aromatic rings. The van der Waals surface area contributed by atoms with Crippen molar-refractivity contribution >= 4 is 71.4 Å². The summed E-state index contributed by atoms with van der Waals surface area (Å²) in [5, 5.41) is 9.44. The van der Waals surface area contributed by atoms with Gasteiger partial charge in [0.15, 0.2) is 6.29 Å². The van der Waals surface area contributed by atoms with Crippen LogP contribution in [0.3, 0.4) is 0 Å². The van der Waals surface area contributed by atoms with Crippen LogP contribution in [0.4, 0.5) is 5.69 Å². The number of anilines is 1. The van der Waals surface area contributed by atoms with Gasteiger partial charge >= 0.3 is 0 Å². The van der Waals surface area contributed by atoms with E-state index in [1.54, 1.807) is 0 Å². The number of nitrogens with zero attached hydrogens (tertiary/aromatic N) is 3. The van der Waals surface area contributed by atoms with Crippen LogP contribution in [0.2, 0.25) is 0 Å². The molecule has 4 heterocycles. The summed E-state index contributed by atoms with van der Waals surface area (Å²) < 4.78 is 5.30. The molecule has 8 aliphatic rings. The van der Waals surface area contributed by atoms with Crippen LogP contribution in [0, 0.1) is 11.8 Å². The fourth-order valence-corrected chi connectivity index (χ4v) is 12.8. The van der Waals surface area contributed by atoms with E-state index in [0.717, 1.165) is 49.1 Å². The van der Waals surface area contributed by atoms with Crippen LogP contribution in [0.25, 0.3) is 48.7 Å². The number of aliphatic imine (C=N–C) groups is 1. The van der Waals surface area contributed by atoms with Crippen LogP contribution in [0.5, 0.6) is 0 Å². The first-order valence-corrected chi connectivity index (χ1v) is 22.2. The van der Waals surface area contributed by atoms with Crippen molar-refractivity contribution in [3.63, 3.8) is 0 Å². The molecular weight excluding hydrogens is 737 g/mol. The van der Waals surface area contributed by atoms with Gasteiger partial charge in [-0.2, -0.15) is 0 Å². The van der Waals surface area contributed by atoms with E-state index < -0.39 is 0 Å². The minimum atomic E-state index is -0.260. The summed E-state index contributed by atoms with van der Waals surface area (Å²) in [5.74, 6) is 0.799. The van der Waals surface area contributed by atoms with E-state index in [0.29, 0.717) is 11.8 Å². The van der Waals surface area contributed by atoms with E-state index in [1.807, 2.05) is 11.3 Å². The van der Waals surface area contributed by atoms with Crippen LogP contribution in [0.15, 0.2) is 162 Å². The van der Waals surface area contributed by atoms with E-state index in [1.165, 1.54) is 92.4 Å². The molecule has 0 saturated carbocycles. The number of allylic oxidation sites excluding steroid dienone is 11. The van der Waals surface area contributed by atoms with Crippen LogP contribution in [0.1, 0.15) is 59.3 Å². The normalized spacial score (nSPS) is 23.9. The second-order valence-electron chi connectivity index (χ2n) is 17.1. The highest BCUT2D eigenvalue weighted by Crippen LogP contribution is 2.56. The summed E-state index contributed by atoms with van der Waals surface area (Å²) in [5.41, 5.74) is 18.9. The molecule has 0 bridgehead atoms. The summed E-state index contributed by atoms with van der Waals surface area (Å²) in [6.07, 6.45) is 28.6. The third-order valence-corrected chi connectivity index (χ3v) is 15.3. The molecule has 5 heteroatoms.